The predicted octanol–water partition coefficient (Wildman–Crippen LogP) is 1.74. The molecule has 96 valence electrons. The van der Waals surface area contributed by atoms with Gasteiger partial charge < -0.3 is 19.9 Å². The zero-order chi connectivity index (χ0) is 12.8. The Labute approximate surface area is 100 Å². The fourth-order valence-electron chi connectivity index (χ4n) is 1.74. The smallest absolute Gasteiger partial charge is 0.169 e. The van der Waals surface area contributed by atoms with E-state index in [9.17, 15) is 4.39 Å². The minimum Gasteiger partial charge on any atom is -0.493 e. The van der Waals surface area contributed by atoms with Crippen molar-refractivity contribution in [2.45, 2.75) is 12.8 Å². The van der Waals surface area contributed by atoms with Crippen LogP contribution < -0.4 is 19.9 Å². The lowest BCUT2D eigenvalue weighted by Crippen LogP contribution is -2.05. The van der Waals surface area contributed by atoms with Crippen LogP contribution in [0.1, 0.15) is 12.0 Å². The molecular weight excluding hydrogens is 225 g/mol. The summed E-state index contributed by atoms with van der Waals surface area (Å²) in [5.74, 6) is 0.588. The maximum Gasteiger partial charge on any atom is 0.169 e. The zero-order valence-corrected chi connectivity index (χ0v) is 10.4. The van der Waals surface area contributed by atoms with Crippen molar-refractivity contribution in [2.24, 2.45) is 5.73 Å². The molecule has 1 rings (SSSR count). The van der Waals surface area contributed by atoms with E-state index in [1.807, 2.05) is 0 Å². The monoisotopic (exact) mass is 243 g/mol. The van der Waals surface area contributed by atoms with E-state index in [2.05, 4.69) is 0 Å². The summed E-state index contributed by atoms with van der Waals surface area (Å²) in [5.41, 5.74) is 6.11. The number of rotatable bonds is 6. The average Bonchev–Trinajstić information content (AvgIpc) is 2.35. The van der Waals surface area contributed by atoms with Gasteiger partial charge in [0.25, 0.3) is 0 Å². The van der Waals surface area contributed by atoms with Crippen molar-refractivity contribution in [3.8, 4) is 17.2 Å². The molecule has 0 bridgehead atoms. The van der Waals surface area contributed by atoms with Gasteiger partial charge in [-0.25, -0.2) is 4.39 Å². The van der Waals surface area contributed by atoms with Crippen molar-refractivity contribution in [1.82, 2.24) is 0 Å². The minimum absolute atomic E-state index is 0.191. The van der Waals surface area contributed by atoms with Crippen LogP contribution in [0.15, 0.2) is 6.07 Å². The molecule has 17 heavy (non-hydrogen) atoms. The lowest BCUT2D eigenvalue weighted by Gasteiger charge is -2.16. The maximum absolute atomic E-state index is 13.7. The molecule has 0 saturated heterocycles. The van der Waals surface area contributed by atoms with Gasteiger partial charge in [-0.1, -0.05) is 0 Å². The van der Waals surface area contributed by atoms with Crippen LogP contribution in [0.4, 0.5) is 4.39 Å². The van der Waals surface area contributed by atoms with Crippen molar-refractivity contribution < 1.29 is 18.6 Å². The summed E-state index contributed by atoms with van der Waals surface area (Å²) < 4.78 is 29.1. The number of halogens is 1. The topological polar surface area (TPSA) is 53.7 Å². The molecular formula is C12H18FNO3. The van der Waals surface area contributed by atoms with E-state index >= 15 is 0 Å². The van der Waals surface area contributed by atoms with Gasteiger partial charge >= 0.3 is 0 Å². The molecule has 0 aliphatic rings. The Morgan fingerprint density at radius 2 is 1.76 bits per heavy atom. The minimum atomic E-state index is -0.461. The van der Waals surface area contributed by atoms with Gasteiger partial charge in [-0.2, -0.15) is 0 Å². The largest absolute Gasteiger partial charge is 0.493 e. The highest BCUT2D eigenvalue weighted by atomic mass is 19.1. The number of benzene rings is 1. The first-order valence-corrected chi connectivity index (χ1v) is 5.37. The molecule has 0 aromatic heterocycles. The van der Waals surface area contributed by atoms with Gasteiger partial charge in [-0.15, -0.1) is 0 Å². The molecule has 0 aliphatic carbocycles. The van der Waals surface area contributed by atoms with Crippen LogP contribution in [-0.4, -0.2) is 27.9 Å². The van der Waals surface area contributed by atoms with Crippen LogP contribution in [0.3, 0.4) is 0 Å². The normalized spacial score (nSPS) is 10.2. The van der Waals surface area contributed by atoms with Gasteiger partial charge in [-0.05, 0) is 19.4 Å². The highest BCUT2D eigenvalue weighted by molar-refractivity contribution is 5.54. The summed E-state index contributed by atoms with van der Waals surface area (Å²) in [7, 11) is 4.41. The lowest BCUT2D eigenvalue weighted by molar-refractivity contribution is 0.333. The third-order valence-corrected chi connectivity index (χ3v) is 2.51. The Morgan fingerprint density at radius 3 is 2.24 bits per heavy atom. The molecule has 0 saturated carbocycles. The van der Waals surface area contributed by atoms with Gasteiger partial charge in [0, 0.05) is 11.6 Å². The van der Waals surface area contributed by atoms with E-state index in [1.165, 1.54) is 27.4 Å². The molecule has 0 fully saturated rings. The second-order valence-corrected chi connectivity index (χ2v) is 3.50. The molecule has 0 atom stereocenters. The van der Waals surface area contributed by atoms with Gasteiger partial charge in [0.1, 0.15) is 0 Å². The van der Waals surface area contributed by atoms with E-state index < -0.39 is 5.82 Å². The first kappa shape index (κ1) is 13.6. The Kier molecular flexibility index (Phi) is 5.03. The fraction of sp³-hybridized carbons (Fsp3) is 0.500. The van der Waals surface area contributed by atoms with Gasteiger partial charge in [0.15, 0.2) is 23.1 Å². The van der Waals surface area contributed by atoms with Crippen molar-refractivity contribution in [3.05, 3.63) is 17.4 Å². The second-order valence-electron chi connectivity index (χ2n) is 3.50. The highest BCUT2D eigenvalue weighted by Gasteiger charge is 2.19. The summed E-state index contributed by atoms with van der Waals surface area (Å²) >= 11 is 0. The molecule has 1 aromatic rings. The summed E-state index contributed by atoms with van der Waals surface area (Å²) in [6, 6.07) is 1.25. The molecule has 4 nitrogen and oxygen atoms in total. The first-order chi connectivity index (χ1) is 8.19. The van der Waals surface area contributed by atoms with Crippen LogP contribution in [0.2, 0.25) is 0 Å². The van der Waals surface area contributed by atoms with Crippen molar-refractivity contribution in [1.29, 1.82) is 0 Å². The molecule has 0 unspecified atom stereocenters. The molecule has 1 aromatic carbocycles. The number of ether oxygens (including phenoxy) is 3. The SMILES string of the molecule is COc1cc(F)c(OC)c(CCCN)c1OC. The van der Waals surface area contributed by atoms with E-state index in [-0.39, 0.29) is 5.75 Å². The van der Waals surface area contributed by atoms with E-state index in [0.29, 0.717) is 30.0 Å². The molecule has 0 aliphatic heterocycles. The number of hydrogen-bond donors (Lipinski definition) is 1. The standard InChI is InChI=1S/C12H18FNO3/c1-15-10-7-9(13)11(16-2)8(5-4-6-14)12(10)17-3/h7H,4-6,14H2,1-3H3. The van der Waals surface area contributed by atoms with Crippen LogP contribution in [0.25, 0.3) is 0 Å². The summed E-state index contributed by atoms with van der Waals surface area (Å²) in [5, 5.41) is 0. The Hall–Kier alpha value is -1.49. The third-order valence-electron chi connectivity index (χ3n) is 2.51. The molecule has 0 spiro atoms. The van der Waals surface area contributed by atoms with Gasteiger partial charge in [0.2, 0.25) is 0 Å². The predicted molar refractivity (Wildman–Crippen MR) is 63.4 cm³/mol. The third kappa shape index (κ3) is 2.79. The van der Waals surface area contributed by atoms with E-state index in [4.69, 9.17) is 19.9 Å². The van der Waals surface area contributed by atoms with Gasteiger partial charge in [-0.3, -0.25) is 0 Å². The Morgan fingerprint density at radius 1 is 1.12 bits per heavy atom. The highest BCUT2D eigenvalue weighted by Crippen LogP contribution is 2.40. The van der Waals surface area contributed by atoms with Crippen LogP contribution in [0.5, 0.6) is 17.2 Å². The summed E-state index contributed by atoms with van der Waals surface area (Å²) in [6.45, 7) is 0.519. The molecule has 0 amide bonds. The summed E-state index contributed by atoms with van der Waals surface area (Å²) in [4.78, 5) is 0. The second kappa shape index (κ2) is 6.30. The van der Waals surface area contributed by atoms with Crippen LogP contribution in [0, 0.1) is 5.82 Å². The zero-order valence-electron chi connectivity index (χ0n) is 10.4. The number of hydrogen-bond acceptors (Lipinski definition) is 4. The van der Waals surface area contributed by atoms with Crippen LogP contribution in [-0.2, 0) is 6.42 Å². The van der Waals surface area contributed by atoms with Crippen molar-refractivity contribution in [2.75, 3.05) is 27.9 Å². The Balaban J connectivity index is 3.30. The quantitative estimate of drug-likeness (QED) is 0.827. The van der Waals surface area contributed by atoms with E-state index in [0.717, 1.165) is 6.42 Å². The molecule has 2 N–H and O–H groups in total. The molecule has 0 heterocycles. The van der Waals surface area contributed by atoms with E-state index in [1.54, 1.807) is 0 Å². The van der Waals surface area contributed by atoms with Crippen LogP contribution >= 0.6 is 0 Å². The molecule has 5 heteroatoms. The summed E-state index contributed by atoms with van der Waals surface area (Å²) in [6.07, 6.45) is 1.30. The Bertz CT molecular complexity index is 383. The average molecular weight is 243 g/mol. The number of nitrogens with two attached hydrogens (primary N) is 1. The fourth-order valence-corrected chi connectivity index (χ4v) is 1.74. The molecule has 0 radical (unpaired) electrons. The van der Waals surface area contributed by atoms with Crippen molar-refractivity contribution in [3.63, 3.8) is 0 Å². The first-order valence-electron chi connectivity index (χ1n) is 5.37. The lowest BCUT2D eigenvalue weighted by atomic mass is 10.1. The van der Waals surface area contributed by atoms with Crippen molar-refractivity contribution >= 4 is 0 Å². The van der Waals surface area contributed by atoms with Gasteiger partial charge in [0.05, 0.1) is 21.3 Å². The number of methoxy groups -OCH3 is 3. The maximum atomic E-state index is 13.7.